The molecule has 2 N–H and O–H groups in total. The molecule has 0 atom stereocenters. The first-order valence-electron chi connectivity index (χ1n) is 9.32. The van der Waals surface area contributed by atoms with E-state index in [-0.39, 0.29) is 11.8 Å². The van der Waals surface area contributed by atoms with E-state index in [2.05, 4.69) is 32.6 Å². The van der Waals surface area contributed by atoms with Crippen LogP contribution in [0.4, 0.5) is 17.1 Å². The van der Waals surface area contributed by atoms with Crippen molar-refractivity contribution in [2.24, 2.45) is 0 Å². The highest BCUT2D eigenvalue weighted by Gasteiger charge is 2.19. The third-order valence-electron chi connectivity index (χ3n) is 4.67. The highest BCUT2D eigenvalue weighted by molar-refractivity contribution is 5.93. The van der Waals surface area contributed by atoms with E-state index in [4.69, 9.17) is 4.74 Å². The Labute approximate surface area is 165 Å². The Bertz CT molecular complexity index is 797. The lowest BCUT2D eigenvalue weighted by Gasteiger charge is -2.35. The Hall–Kier alpha value is -3.06. The highest BCUT2D eigenvalue weighted by Crippen LogP contribution is 2.20. The van der Waals surface area contributed by atoms with E-state index >= 15 is 0 Å². The number of amides is 2. The SMILES string of the molecule is COc1ccc(N2CCN(CC(=O)Nc3ccc(NC(C)=O)cc3)CC2)cc1. The zero-order valence-corrected chi connectivity index (χ0v) is 16.3. The molecule has 2 aromatic rings. The predicted octanol–water partition coefficient (Wildman–Crippen LogP) is 2.41. The molecule has 1 aliphatic heterocycles. The van der Waals surface area contributed by atoms with E-state index < -0.39 is 0 Å². The Morgan fingerprint density at radius 1 is 0.893 bits per heavy atom. The molecular weight excluding hydrogens is 356 g/mol. The van der Waals surface area contributed by atoms with Gasteiger partial charge in [-0.15, -0.1) is 0 Å². The largest absolute Gasteiger partial charge is 0.497 e. The van der Waals surface area contributed by atoms with Gasteiger partial charge in [-0.05, 0) is 48.5 Å². The van der Waals surface area contributed by atoms with E-state index in [1.54, 1.807) is 31.4 Å². The fourth-order valence-corrected chi connectivity index (χ4v) is 3.20. The minimum atomic E-state index is -0.120. The summed E-state index contributed by atoms with van der Waals surface area (Å²) < 4.78 is 5.20. The van der Waals surface area contributed by atoms with Gasteiger partial charge < -0.3 is 20.3 Å². The summed E-state index contributed by atoms with van der Waals surface area (Å²) in [7, 11) is 1.66. The van der Waals surface area contributed by atoms with Crippen LogP contribution in [0, 0.1) is 0 Å². The molecule has 3 rings (SSSR count). The lowest BCUT2D eigenvalue weighted by Crippen LogP contribution is -2.48. The molecule has 0 spiro atoms. The zero-order valence-electron chi connectivity index (χ0n) is 16.3. The molecule has 1 fully saturated rings. The first kappa shape index (κ1) is 19.7. The molecular formula is C21H26N4O3. The minimum Gasteiger partial charge on any atom is -0.497 e. The summed E-state index contributed by atoms with van der Waals surface area (Å²) in [5.74, 6) is 0.694. The van der Waals surface area contributed by atoms with Crippen molar-refractivity contribution >= 4 is 28.9 Å². The normalized spacial score (nSPS) is 14.4. The van der Waals surface area contributed by atoms with E-state index in [0.717, 1.165) is 37.6 Å². The molecule has 2 amide bonds. The van der Waals surface area contributed by atoms with Crippen LogP contribution in [0.1, 0.15) is 6.92 Å². The molecule has 28 heavy (non-hydrogen) atoms. The Morgan fingerprint density at radius 2 is 1.46 bits per heavy atom. The number of nitrogens with zero attached hydrogens (tertiary/aromatic N) is 2. The van der Waals surface area contributed by atoms with Gasteiger partial charge in [-0.25, -0.2) is 0 Å². The average molecular weight is 382 g/mol. The van der Waals surface area contributed by atoms with Gasteiger partial charge in [-0.1, -0.05) is 0 Å². The van der Waals surface area contributed by atoms with Crippen LogP contribution in [0.3, 0.4) is 0 Å². The number of piperazine rings is 1. The summed E-state index contributed by atoms with van der Waals surface area (Å²) in [5.41, 5.74) is 2.60. The molecule has 1 saturated heterocycles. The van der Waals surface area contributed by atoms with Crippen LogP contribution in [0.2, 0.25) is 0 Å². The maximum absolute atomic E-state index is 12.3. The standard InChI is InChI=1S/C21H26N4O3/c1-16(26)22-17-3-5-18(6-4-17)23-21(27)15-24-11-13-25(14-12-24)19-7-9-20(28-2)10-8-19/h3-10H,11-15H2,1-2H3,(H,22,26)(H,23,27). The number of carbonyl (C=O) groups is 2. The first-order valence-corrected chi connectivity index (χ1v) is 9.32. The fraction of sp³-hybridized carbons (Fsp3) is 0.333. The van der Waals surface area contributed by atoms with Crippen LogP contribution >= 0.6 is 0 Å². The van der Waals surface area contributed by atoms with Gasteiger partial charge in [0.1, 0.15) is 5.75 Å². The van der Waals surface area contributed by atoms with Crippen molar-refractivity contribution in [1.29, 1.82) is 0 Å². The van der Waals surface area contributed by atoms with Crippen molar-refractivity contribution < 1.29 is 14.3 Å². The van der Waals surface area contributed by atoms with Crippen LogP contribution in [0.25, 0.3) is 0 Å². The van der Waals surface area contributed by atoms with Crippen molar-refractivity contribution in [3.8, 4) is 5.75 Å². The van der Waals surface area contributed by atoms with Gasteiger partial charge >= 0.3 is 0 Å². The van der Waals surface area contributed by atoms with Crippen molar-refractivity contribution in [2.75, 3.05) is 55.4 Å². The Kier molecular flexibility index (Phi) is 6.49. The fourth-order valence-electron chi connectivity index (χ4n) is 3.20. The van der Waals surface area contributed by atoms with Crippen LogP contribution in [0.15, 0.2) is 48.5 Å². The monoisotopic (exact) mass is 382 g/mol. The number of rotatable bonds is 6. The molecule has 7 heteroatoms. The lowest BCUT2D eigenvalue weighted by atomic mass is 10.2. The molecule has 0 bridgehead atoms. The van der Waals surface area contributed by atoms with Crippen molar-refractivity contribution in [3.05, 3.63) is 48.5 Å². The predicted molar refractivity (Wildman–Crippen MR) is 111 cm³/mol. The molecule has 2 aromatic carbocycles. The molecule has 0 aliphatic carbocycles. The number of hydrogen-bond acceptors (Lipinski definition) is 5. The van der Waals surface area contributed by atoms with Crippen LogP contribution < -0.4 is 20.3 Å². The second-order valence-electron chi connectivity index (χ2n) is 6.77. The van der Waals surface area contributed by atoms with E-state index in [1.807, 2.05) is 12.1 Å². The number of ether oxygens (including phenoxy) is 1. The molecule has 0 aromatic heterocycles. The number of anilines is 3. The average Bonchev–Trinajstić information content (AvgIpc) is 2.70. The second kappa shape index (κ2) is 9.23. The zero-order chi connectivity index (χ0) is 19.9. The molecule has 0 saturated carbocycles. The number of nitrogens with one attached hydrogen (secondary N) is 2. The number of carbonyl (C=O) groups excluding carboxylic acids is 2. The van der Waals surface area contributed by atoms with Gasteiger partial charge in [0.15, 0.2) is 0 Å². The van der Waals surface area contributed by atoms with Gasteiger partial charge in [-0.2, -0.15) is 0 Å². The first-order chi connectivity index (χ1) is 13.5. The van der Waals surface area contributed by atoms with Gasteiger partial charge in [0.05, 0.1) is 13.7 Å². The summed E-state index contributed by atoms with van der Waals surface area (Å²) in [6.07, 6.45) is 0. The van der Waals surface area contributed by atoms with Crippen LogP contribution in [-0.4, -0.2) is 56.5 Å². The number of methoxy groups -OCH3 is 1. The Balaban J connectivity index is 1.44. The smallest absolute Gasteiger partial charge is 0.238 e. The van der Waals surface area contributed by atoms with Gasteiger partial charge in [-0.3, -0.25) is 14.5 Å². The van der Waals surface area contributed by atoms with Gasteiger partial charge in [0, 0.05) is 50.2 Å². The van der Waals surface area contributed by atoms with Crippen LogP contribution in [0.5, 0.6) is 5.75 Å². The summed E-state index contributed by atoms with van der Waals surface area (Å²) in [4.78, 5) is 27.8. The Morgan fingerprint density at radius 3 is 2.00 bits per heavy atom. The molecule has 1 heterocycles. The summed E-state index contributed by atoms with van der Waals surface area (Å²) in [6.45, 7) is 5.26. The van der Waals surface area contributed by atoms with E-state index in [9.17, 15) is 9.59 Å². The van der Waals surface area contributed by atoms with Crippen molar-refractivity contribution in [2.45, 2.75) is 6.92 Å². The number of benzene rings is 2. The molecule has 0 unspecified atom stereocenters. The quantitative estimate of drug-likeness (QED) is 0.803. The summed E-state index contributed by atoms with van der Waals surface area (Å²) in [6, 6.07) is 15.2. The molecule has 0 radical (unpaired) electrons. The molecule has 148 valence electrons. The van der Waals surface area contributed by atoms with Gasteiger partial charge in [0.25, 0.3) is 0 Å². The maximum Gasteiger partial charge on any atom is 0.238 e. The third-order valence-corrected chi connectivity index (χ3v) is 4.67. The maximum atomic E-state index is 12.3. The minimum absolute atomic E-state index is 0.0369. The topological polar surface area (TPSA) is 73.9 Å². The van der Waals surface area contributed by atoms with E-state index in [1.165, 1.54) is 12.6 Å². The lowest BCUT2D eigenvalue weighted by molar-refractivity contribution is -0.117. The van der Waals surface area contributed by atoms with Crippen molar-refractivity contribution in [1.82, 2.24) is 4.90 Å². The second-order valence-corrected chi connectivity index (χ2v) is 6.77. The summed E-state index contributed by atoms with van der Waals surface area (Å²) >= 11 is 0. The number of hydrogen-bond donors (Lipinski definition) is 2. The third kappa shape index (κ3) is 5.47. The highest BCUT2D eigenvalue weighted by atomic mass is 16.5. The van der Waals surface area contributed by atoms with Crippen LogP contribution in [-0.2, 0) is 9.59 Å². The van der Waals surface area contributed by atoms with E-state index in [0.29, 0.717) is 12.2 Å². The summed E-state index contributed by atoms with van der Waals surface area (Å²) in [5, 5.41) is 5.61. The molecule has 1 aliphatic rings. The molecule has 7 nitrogen and oxygen atoms in total. The van der Waals surface area contributed by atoms with Crippen molar-refractivity contribution in [3.63, 3.8) is 0 Å². The van der Waals surface area contributed by atoms with Gasteiger partial charge in [0.2, 0.25) is 11.8 Å².